The SMILES string of the molecule is CCC(=O)C=CC(c1ccccc1C(F)(F)F)C(C)C(=O)C=Cc1ccccc1C(F)(F)F. The highest BCUT2D eigenvalue weighted by Crippen LogP contribution is 2.39. The molecule has 0 fully saturated rings. The van der Waals surface area contributed by atoms with Gasteiger partial charge in [-0.15, -0.1) is 0 Å². The van der Waals surface area contributed by atoms with Gasteiger partial charge in [0, 0.05) is 18.3 Å². The fraction of sp³-hybridized carbons (Fsp3) is 0.280. The lowest BCUT2D eigenvalue weighted by atomic mass is 9.81. The van der Waals surface area contributed by atoms with E-state index in [-0.39, 0.29) is 23.3 Å². The van der Waals surface area contributed by atoms with Gasteiger partial charge in [-0.3, -0.25) is 9.59 Å². The first-order valence-electron chi connectivity index (χ1n) is 10.1. The third kappa shape index (κ3) is 6.91. The van der Waals surface area contributed by atoms with Crippen molar-refractivity contribution in [3.05, 3.63) is 89.0 Å². The van der Waals surface area contributed by atoms with Crippen LogP contribution in [-0.2, 0) is 21.9 Å². The van der Waals surface area contributed by atoms with Crippen LogP contribution in [0.5, 0.6) is 0 Å². The zero-order valence-corrected chi connectivity index (χ0v) is 17.9. The van der Waals surface area contributed by atoms with E-state index in [9.17, 15) is 35.9 Å². The van der Waals surface area contributed by atoms with Crippen molar-refractivity contribution in [2.75, 3.05) is 0 Å². The smallest absolute Gasteiger partial charge is 0.295 e. The molecule has 0 N–H and O–H groups in total. The van der Waals surface area contributed by atoms with E-state index in [1.165, 1.54) is 49.4 Å². The molecule has 2 nitrogen and oxygen atoms in total. The van der Waals surface area contributed by atoms with Crippen molar-refractivity contribution in [1.29, 1.82) is 0 Å². The molecule has 0 amide bonds. The molecule has 2 aromatic rings. The zero-order valence-electron chi connectivity index (χ0n) is 17.9. The highest BCUT2D eigenvalue weighted by Gasteiger charge is 2.36. The minimum absolute atomic E-state index is 0.126. The Morgan fingerprint density at radius 2 is 1.39 bits per heavy atom. The topological polar surface area (TPSA) is 34.1 Å². The van der Waals surface area contributed by atoms with Crippen LogP contribution in [0.25, 0.3) is 6.08 Å². The Morgan fingerprint density at radius 3 is 1.97 bits per heavy atom. The number of halogens is 6. The third-order valence-corrected chi connectivity index (χ3v) is 5.14. The maximum atomic E-state index is 13.6. The van der Waals surface area contributed by atoms with Crippen LogP contribution >= 0.6 is 0 Å². The summed E-state index contributed by atoms with van der Waals surface area (Å²) < 4.78 is 80.2. The van der Waals surface area contributed by atoms with Crippen molar-refractivity contribution in [2.24, 2.45) is 5.92 Å². The zero-order chi connectivity index (χ0) is 24.8. The summed E-state index contributed by atoms with van der Waals surface area (Å²) in [5.41, 5.74) is -2.33. The molecule has 0 saturated carbocycles. The average molecular weight is 468 g/mol. The lowest BCUT2D eigenvalue weighted by Crippen LogP contribution is -2.20. The summed E-state index contributed by atoms with van der Waals surface area (Å²) in [5.74, 6) is -3.21. The Balaban J connectivity index is 2.46. The molecule has 0 radical (unpaired) electrons. The quantitative estimate of drug-likeness (QED) is 0.302. The second-order valence-corrected chi connectivity index (χ2v) is 7.40. The molecule has 176 valence electrons. The molecule has 0 aliphatic rings. The molecule has 0 aromatic heterocycles. The predicted octanol–water partition coefficient (Wildman–Crippen LogP) is 7.26. The van der Waals surface area contributed by atoms with Crippen molar-refractivity contribution in [2.45, 2.75) is 38.5 Å². The fourth-order valence-electron chi connectivity index (χ4n) is 3.32. The average Bonchev–Trinajstić information content (AvgIpc) is 2.76. The van der Waals surface area contributed by atoms with E-state index < -0.39 is 41.1 Å². The van der Waals surface area contributed by atoms with Gasteiger partial charge in [-0.2, -0.15) is 26.3 Å². The highest BCUT2D eigenvalue weighted by atomic mass is 19.4. The number of benzene rings is 2. The van der Waals surface area contributed by atoms with Crippen LogP contribution in [-0.4, -0.2) is 11.6 Å². The third-order valence-electron chi connectivity index (χ3n) is 5.14. The van der Waals surface area contributed by atoms with Gasteiger partial charge in [-0.1, -0.05) is 62.4 Å². The van der Waals surface area contributed by atoms with Gasteiger partial charge in [0.05, 0.1) is 11.1 Å². The Hall–Kier alpha value is -3.16. The second kappa shape index (κ2) is 10.6. The molecule has 0 aliphatic carbocycles. The summed E-state index contributed by atoms with van der Waals surface area (Å²) in [6.45, 7) is 2.96. The molecule has 0 bridgehead atoms. The van der Waals surface area contributed by atoms with Gasteiger partial charge in [-0.05, 0) is 35.4 Å². The summed E-state index contributed by atoms with van der Waals surface area (Å²) >= 11 is 0. The van der Waals surface area contributed by atoms with Crippen LogP contribution < -0.4 is 0 Å². The van der Waals surface area contributed by atoms with Crippen molar-refractivity contribution in [1.82, 2.24) is 0 Å². The molecule has 0 spiro atoms. The van der Waals surface area contributed by atoms with Gasteiger partial charge >= 0.3 is 12.4 Å². The standard InChI is InChI=1S/C25H22F6O2/c1-3-18(32)13-14-19(20-9-5-7-11-22(20)25(29,30)31)16(2)23(33)15-12-17-8-4-6-10-21(17)24(26,27)28/h4-16,19H,3H2,1-2H3. The van der Waals surface area contributed by atoms with Crippen molar-refractivity contribution in [3.63, 3.8) is 0 Å². The molecular weight excluding hydrogens is 446 g/mol. The fourth-order valence-corrected chi connectivity index (χ4v) is 3.32. The first-order chi connectivity index (χ1) is 15.4. The molecule has 0 saturated heterocycles. The van der Waals surface area contributed by atoms with E-state index in [0.29, 0.717) is 0 Å². The van der Waals surface area contributed by atoms with E-state index in [4.69, 9.17) is 0 Å². The predicted molar refractivity (Wildman–Crippen MR) is 113 cm³/mol. The minimum atomic E-state index is -4.69. The van der Waals surface area contributed by atoms with E-state index in [1.54, 1.807) is 6.92 Å². The molecule has 2 rings (SSSR count). The number of hydrogen-bond acceptors (Lipinski definition) is 2. The Kier molecular flexibility index (Phi) is 8.41. The molecule has 2 atom stereocenters. The van der Waals surface area contributed by atoms with Crippen LogP contribution in [0.15, 0.2) is 66.8 Å². The summed E-state index contributed by atoms with van der Waals surface area (Å²) in [5, 5.41) is 0. The van der Waals surface area contributed by atoms with E-state index in [2.05, 4.69) is 0 Å². The van der Waals surface area contributed by atoms with Crippen LogP contribution in [0.2, 0.25) is 0 Å². The highest BCUT2D eigenvalue weighted by molar-refractivity contribution is 5.96. The van der Waals surface area contributed by atoms with Crippen LogP contribution in [0.3, 0.4) is 0 Å². The summed E-state index contributed by atoms with van der Waals surface area (Å²) in [7, 11) is 0. The number of rotatable bonds is 8. The Labute approximate surface area is 187 Å². The van der Waals surface area contributed by atoms with Crippen LogP contribution in [0.1, 0.15) is 48.4 Å². The van der Waals surface area contributed by atoms with Gasteiger partial charge in [0.25, 0.3) is 0 Å². The number of alkyl halides is 6. The molecule has 2 unspecified atom stereocenters. The maximum Gasteiger partial charge on any atom is 0.416 e. The number of carbonyl (C=O) groups excluding carboxylic acids is 2. The van der Waals surface area contributed by atoms with Crippen molar-refractivity contribution < 1.29 is 35.9 Å². The van der Waals surface area contributed by atoms with Gasteiger partial charge in [0.2, 0.25) is 0 Å². The molecular formula is C25H22F6O2. The molecule has 8 heteroatoms. The summed E-state index contributed by atoms with van der Waals surface area (Å²) in [6, 6.07) is 9.35. The summed E-state index contributed by atoms with van der Waals surface area (Å²) in [4.78, 5) is 24.5. The number of allylic oxidation sites excluding steroid dienone is 3. The summed E-state index contributed by atoms with van der Waals surface area (Å²) in [6.07, 6.45) is -4.90. The maximum absolute atomic E-state index is 13.6. The largest absolute Gasteiger partial charge is 0.416 e. The first-order valence-corrected chi connectivity index (χ1v) is 10.1. The first kappa shape index (κ1) is 26.1. The Bertz CT molecular complexity index is 1050. The van der Waals surface area contributed by atoms with Gasteiger partial charge < -0.3 is 0 Å². The second-order valence-electron chi connectivity index (χ2n) is 7.40. The van der Waals surface area contributed by atoms with E-state index in [0.717, 1.165) is 30.4 Å². The van der Waals surface area contributed by atoms with Crippen LogP contribution in [0.4, 0.5) is 26.3 Å². The number of ketones is 2. The van der Waals surface area contributed by atoms with Gasteiger partial charge in [-0.25, -0.2) is 0 Å². The van der Waals surface area contributed by atoms with Crippen molar-refractivity contribution in [3.8, 4) is 0 Å². The monoisotopic (exact) mass is 468 g/mol. The minimum Gasteiger partial charge on any atom is -0.295 e. The molecule has 33 heavy (non-hydrogen) atoms. The Morgan fingerprint density at radius 1 is 0.848 bits per heavy atom. The molecule has 2 aromatic carbocycles. The normalized spacial score (nSPS) is 14.5. The molecule has 0 heterocycles. The van der Waals surface area contributed by atoms with Gasteiger partial charge in [0.15, 0.2) is 11.6 Å². The van der Waals surface area contributed by atoms with E-state index >= 15 is 0 Å². The lowest BCUT2D eigenvalue weighted by Gasteiger charge is -2.23. The number of carbonyl (C=O) groups is 2. The lowest BCUT2D eigenvalue weighted by molar-refractivity contribution is -0.139. The van der Waals surface area contributed by atoms with E-state index in [1.807, 2.05) is 0 Å². The number of hydrogen-bond donors (Lipinski definition) is 0. The van der Waals surface area contributed by atoms with Crippen LogP contribution in [0, 0.1) is 5.92 Å². The molecule has 0 aliphatic heterocycles. The van der Waals surface area contributed by atoms with Gasteiger partial charge in [0.1, 0.15) is 0 Å². The van der Waals surface area contributed by atoms with Crippen molar-refractivity contribution >= 4 is 17.6 Å².